The standard InChI is InChI=1S/C10H13FN2O3/c1-2-12(6-7-14)9-5-3-4-8(11)10(9)13(15)16/h3-5,14H,2,6-7H2,1H3. The zero-order valence-corrected chi connectivity index (χ0v) is 8.89. The van der Waals surface area contributed by atoms with Gasteiger partial charge in [-0.25, -0.2) is 0 Å². The summed E-state index contributed by atoms with van der Waals surface area (Å²) in [4.78, 5) is 11.6. The molecule has 1 rings (SSSR count). The largest absolute Gasteiger partial charge is 0.395 e. The number of para-hydroxylation sites is 1. The second kappa shape index (κ2) is 5.41. The quantitative estimate of drug-likeness (QED) is 0.613. The maximum atomic E-state index is 13.3. The van der Waals surface area contributed by atoms with E-state index in [2.05, 4.69) is 0 Å². The van der Waals surface area contributed by atoms with E-state index in [-0.39, 0.29) is 18.8 Å². The van der Waals surface area contributed by atoms with Crippen LogP contribution in [0.5, 0.6) is 0 Å². The number of nitro groups is 1. The average Bonchev–Trinajstić information content (AvgIpc) is 2.25. The van der Waals surface area contributed by atoms with E-state index >= 15 is 0 Å². The summed E-state index contributed by atoms with van der Waals surface area (Å²) in [6.45, 7) is 2.34. The van der Waals surface area contributed by atoms with Crippen LogP contribution >= 0.6 is 0 Å². The molecular weight excluding hydrogens is 215 g/mol. The molecule has 1 aromatic rings. The number of aliphatic hydroxyl groups is 1. The van der Waals surface area contributed by atoms with Crippen LogP contribution in [0.15, 0.2) is 18.2 Å². The van der Waals surface area contributed by atoms with Gasteiger partial charge in [0, 0.05) is 13.1 Å². The number of benzene rings is 1. The molecule has 0 amide bonds. The molecule has 0 unspecified atom stereocenters. The van der Waals surface area contributed by atoms with E-state index in [0.29, 0.717) is 6.54 Å². The van der Waals surface area contributed by atoms with Crippen molar-refractivity contribution < 1.29 is 14.4 Å². The Balaban J connectivity index is 3.20. The summed E-state index contributed by atoms with van der Waals surface area (Å²) < 4.78 is 13.3. The molecule has 6 heteroatoms. The minimum absolute atomic E-state index is 0.137. The number of halogens is 1. The van der Waals surface area contributed by atoms with Crippen LogP contribution in [0.2, 0.25) is 0 Å². The Labute approximate surface area is 92.3 Å². The number of hydrogen-bond acceptors (Lipinski definition) is 4. The normalized spacial score (nSPS) is 10.2. The van der Waals surface area contributed by atoms with Crippen molar-refractivity contribution in [3.05, 3.63) is 34.1 Å². The minimum Gasteiger partial charge on any atom is -0.395 e. The monoisotopic (exact) mass is 228 g/mol. The van der Waals surface area contributed by atoms with Crippen LogP contribution in [-0.4, -0.2) is 29.7 Å². The zero-order valence-electron chi connectivity index (χ0n) is 8.89. The van der Waals surface area contributed by atoms with Gasteiger partial charge >= 0.3 is 5.69 Å². The molecule has 0 saturated carbocycles. The van der Waals surface area contributed by atoms with Gasteiger partial charge in [0.2, 0.25) is 5.82 Å². The Kier molecular flexibility index (Phi) is 4.19. The van der Waals surface area contributed by atoms with Gasteiger partial charge in [0.1, 0.15) is 5.69 Å². The van der Waals surface area contributed by atoms with Crippen molar-refractivity contribution in [3.8, 4) is 0 Å². The fourth-order valence-corrected chi connectivity index (χ4v) is 1.51. The van der Waals surface area contributed by atoms with E-state index in [1.165, 1.54) is 12.1 Å². The third-order valence-electron chi connectivity index (χ3n) is 2.24. The van der Waals surface area contributed by atoms with Crippen LogP contribution in [-0.2, 0) is 0 Å². The van der Waals surface area contributed by atoms with E-state index in [9.17, 15) is 14.5 Å². The fraction of sp³-hybridized carbons (Fsp3) is 0.400. The number of nitro benzene ring substituents is 1. The predicted octanol–water partition coefficient (Wildman–Crippen LogP) is 1.55. The number of aliphatic hydroxyl groups excluding tert-OH is 1. The highest BCUT2D eigenvalue weighted by Gasteiger charge is 2.22. The summed E-state index contributed by atoms with van der Waals surface area (Å²) in [7, 11) is 0. The van der Waals surface area contributed by atoms with Gasteiger partial charge in [-0.1, -0.05) is 6.07 Å². The summed E-state index contributed by atoms with van der Waals surface area (Å²) in [5.74, 6) is -0.862. The van der Waals surface area contributed by atoms with E-state index in [0.717, 1.165) is 6.07 Å². The van der Waals surface area contributed by atoms with E-state index in [1.54, 1.807) is 11.8 Å². The molecule has 0 aliphatic heterocycles. The molecule has 0 fully saturated rings. The molecule has 1 aromatic carbocycles. The summed E-state index contributed by atoms with van der Waals surface area (Å²) in [6, 6.07) is 3.94. The number of likely N-dealkylation sites (N-methyl/N-ethyl adjacent to an activating group) is 1. The van der Waals surface area contributed by atoms with Gasteiger partial charge in [0.25, 0.3) is 0 Å². The molecule has 0 aliphatic rings. The molecular formula is C10H13FN2O3. The Bertz CT molecular complexity index is 384. The van der Waals surface area contributed by atoms with Crippen LogP contribution in [0.4, 0.5) is 15.8 Å². The van der Waals surface area contributed by atoms with Gasteiger partial charge in [0.05, 0.1) is 11.5 Å². The van der Waals surface area contributed by atoms with E-state index in [1.807, 2.05) is 0 Å². The first-order chi connectivity index (χ1) is 7.61. The topological polar surface area (TPSA) is 66.6 Å². The molecule has 5 nitrogen and oxygen atoms in total. The number of rotatable bonds is 5. The van der Waals surface area contributed by atoms with Crippen molar-refractivity contribution in [3.63, 3.8) is 0 Å². The highest BCUT2D eigenvalue weighted by molar-refractivity contribution is 5.63. The summed E-state index contributed by atoms with van der Waals surface area (Å²) in [5, 5.41) is 19.6. The van der Waals surface area contributed by atoms with Crippen molar-refractivity contribution in [1.82, 2.24) is 0 Å². The van der Waals surface area contributed by atoms with Crippen LogP contribution in [0.1, 0.15) is 6.92 Å². The number of anilines is 1. The predicted molar refractivity (Wildman–Crippen MR) is 58.0 cm³/mol. The van der Waals surface area contributed by atoms with Crippen molar-refractivity contribution >= 4 is 11.4 Å². The van der Waals surface area contributed by atoms with E-state index < -0.39 is 16.4 Å². The van der Waals surface area contributed by atoms with Crippen LogP contribution in [0, 0.1) is 15.9 Å². The van der Waals surface area contributed by atoms with Crippen LogP contribution in [0.25, 0.3) is 0 Å². The SMILES string of the molecule is CCN(CCO)c1cccc(F)c1[N+](=O)[O-]. The highest BCUT2D eigenvalue weighted by Crippen LogP contribution is 2.30. The second-order valence-electron chi connectivity index (χ2n) is 3.17. The Morgan fingerprint density at radius 3 is 2.75 bits per heavy atom. The third-order valence-corrected chi connectivity index (χ3v) is 2.24. The number of nitrogens with zero attached hydrogens (tertiary/aromatic N) is 2. The van der Waals surface area contributed by atoms with Gasteiger partial charge in [-0.15, -0.1) is 0 Å². The first-order valence-electron chi connectivity index (χ1n) is 4.90. The molecule has 16 heavy (non-hydrogen) atoms. The summed E-state index contributed by atoms with van der Waals surface area (Å²) in [5.41, 5.74) is -0.348. The van der Waals surface area contributed by atoms with E-state index in [4.69, 9.17) is 5.11 Å². The molecule has 1 N–H and O–H groups in total. The Morgan fingerprint density at radius 2 is 2.25 bits per heavy atom. The van der Waals surface area contributed by atoms with Crippen LogP contribution < -0.4 is 4.90 Å². The Morgan fingerprint density at radius 1 is 1.56 bits per heavy atom. The highest BCUT2D eigenvalue weighted by atomic mass is 19.1. The Hall–Kier alpha value is -1.69. The van der Waals surface area contributed by atoms with Gasteiger partial charge < -0.3 is 10.0 Å². The van der Waals surface area contributed by atoms with Crippen molar-refractivity contribution in [2.45, 2.75) is 6.92 Å². The first-order valence-corrected chi connectivity index (χ1v) is 4.90. The molecule has 0 aromatic heterocycles. The lowest BCUT2D eigenvalue weighted by Gasteiger charge is -2.21. The number of hydrogen-bond donors (Lipinski definition) is 1. The molecule has 0 aliphatic carbocycles. The molecule has 88 valence electrons. The lowest BCUT2D eigenvalue weighted by atomic mass is 10.2. The zero-order chi connectivity index (χ0) is 12.1. The second-order valence-corrected chi connectivity index (χ2v) is 3.17. The molecule has 0 atom stereocenters. The van der Waals surface area contributed by atoms with Gasteiger partial charge in [-0.3, -0.25) is 10.1 Å². The van der Waals surface area contributed by atoms with Crippen LogP contribution in [0.3, 0.4) is 0 Å². The molecule has 0 heterocycles. The van der Waals surface area contributed by atoms with Gasteiger partial charge in [-0.05, 0) is 19.1 Å². The summed E-state index contributed by atoms with van der Waals surface area (Å²) >= 11 is 0. The van der Waals surface area contributed by atoms with Gasteiger partial charge in [-0.2, -0.15) is 4.39 Å². The molecule has 0 bridgehead atoms. The lowest BCUT2D eigenvalue weighted by molar-refractivity contribution is -0.386. The van der Waals surface area contributed by atoms with Crippen molar-refractivity contribution in [2.24, 2.45) is 0 Å². The van der Waals surface area contributed by atoms with Crippen molar-refractivity contribution in [2.75, 3.05) is 24.6 Å². The smallest absolute Gasteiger partial charge is 0.327 e. The summed E-state index contributed by atoms with van der Waals surface area (Å²) in [6.07, 6.45) is 0. The molecule has 0 radical (unpaired) electrons. The lowest BCUT2D eigenvalue weighted by Crippen LogP contribution is -2.27. The average molecular weight is 228 g/mol. The fourth-order valence-electron chi connectivity index (χ4n) is 1.51. The van der Waals surface area contributed by atoms with Crippen molar-refractivity contribution in [1.29, 1.82) is 0 Å². The minimum atomic E-state index is -0.862. The molecule has 0 spiro atoms. The first kappa shape index (κ1) is 12.4. The molecule has 0 saturated heterocycles. The van der Waals surface area contributed by atoms with Gasteiger partial charge in [0.15, 0.2) is 0 Å². The maximum Gasteiger partial charge on any atom is 0.327 e. The maximum absolute atomic E-state index is 13.3. The third kappa shape index (κ3) is 2.46.